The summed E-state index contributed by atoms with van der Waals surface area (Å²) in [6.07, 6.45) is 6.80. The van der Waals surface area contributed by atoms with Gasteiger partial charge in [0.25, 0.3) is 0 Å². The van der Waals surface area contributed by atoms with Crippen LogP contribution in [0.15, 0.2) is 60.7 Å². The van der Waals surface area contributed by atoms with E-state index in [0.29, 0.717) is 0 Å². The van der Waals surface area contributed by atoms with Gasteiger partial charge in [-0.05, 0) is 0 Å². The Hall–Kier alpha value is -0.840. The molecule has 0 bridgehead atoms. The van der Waals surface area contributed by atoms with Crippen LogP contribution in [-0.4, -0.2) is 12.3 Å². The van der Waals surface area contributed by atoms with E-state index in [0.717, 1.165) is 12.3 Å². The molecule has 2 heteroatoms. The van der Waals surface area contributed by atoms with E-state index in [1.54, 1.807) is 0 Å². The summed E-state index contributed by atoms with van der Waals surface area (Å²) < 4.78 is 0. The van der Waals surface area contributed by atoms with Crippen LogP contribution in [-0.2, 0) is 12.3 Å². The number of hydrogen-bond acceptors (Lipinski definition) is 0. The summed E-state index contributed by atoms with van der Waals surface area (Å²) in [6, 6.07) is 21.6. The second kappa shape index (κ2) is 7.62. The van der Waals surface area contributed by atoms with E-state index < -0.39 is 5.96 Å². The molecule has 0 aliphatic carbocycles. The molecule has 0 unspecified atom stereocenters. The quantitative estimate of drug-likeness (QED) is 0.460. The van der Waals surface area contributed by atoms with E-state index in [9.17, 15) is 0 Å². The fraction of sp³-hybridized carbons (Fsp3) is 0.400. The summed E-state index contributed by atoms with van der Waals surface area (Å²) in [5, 5.41) is 0. The molecular formula is C20H28ClP. The molecule has 0 radical (unpaired) electrons. The van der Waals surface area contributed by atoms with Crippen molar-refractivity contribution >= 4 is 17.2 Å². The van der Waals surface area contributed by atoms with Crippen LogP contribution >= 0.6 is 17.2 Å². The molecule has 2 aromatic carbocycles. The molecule has 0 spiro atoms. The van der Waals surface area contributed by atoms with Crippen molar-refractivity contribution in [1.29, 1.82) is 0 Å². The Morgan fingerprint density at radius 3 is 1.36 bits per heavy atom. The monoisotopic (exact) mass is 334 g/mol. The molecule has 0 saturated carbocycles. The average molecular weight is 335 g/mol. The van der Waals surface area contributed by atoms with Crippen LogP contribution in [0.5, 0.6) is 0 Å². The van der Waals surface area contributed by atoms with Gasteiger partial charge < -0.3 is 0 Å². The Labute approximate surface area is 140 Å². The topological polar surface area (TPSA) is 0 Å². The van der Waals surface area contributed by atoms with Gasteiger partial charge in [-0.1, -0.05) is 0 Å². The van der Waals surface area contributed by atoms with Gasteiger partial charge in [0.1, 0.15) is 0 Å². The van der Waals surface area contributed by atoms with Crippen LogP contribution in [0.2, 0.25) is 0 Å². The minimum absolute atomic E-state index is 1.06. The summed E-state index contributed by atoms with van der Waals surface area (Å²) in [6.45, 7) is 4.55. The third kappa shape index (κ3) is 4.58. The van der Waals surface area contributed by atoms with Gasteiger partial charge >= 0.3 is 140 Å². The van der Waals surface area contributed by atoms with Gasteiger partial charge in [0, 0.05) is 0 Å². The van der Waals surface area contributed by atoms with E-state index in [1.165, 1.54) is 36.3 Å². The van der Waals surface area contributed by atoms with Gasteiger partial charge in [-0.15, -0.1) is 0 Å². The molecule has 0 amide bonds. The van der Waals surface area contributed by atoms with E-state index in [4.69, 9.17) is 11.2 Å². The van der Waals surface area contributed by atoms with Gasteiger partial charge in [0.2, 0.25) is 0 Å². The van der Waals surface area contributed by atoms with Crippen LogP contribution in [0.25, 0.3) is 0 Å². The Bertz CT molecular complexity index is 513. The first-order valence-electron chi connectivity index (χ1n) is 8.38. The maximum atomic E-state index is 7.60. The second-order valence-corrected chi connectivity index (χ2v) is 14.6. The maximum absolute atomic E-state index is 7.60. The van der Waals surface area contributed by atoms with Crippen molar-refractivity contribution in [3.8, 4) is 0 Å². The zero-order valence-corrected chi connectivity index (χ0v) is 15.5. The van der Waals surface area contributed by atoms with Crippen LogP contribution in [0.3, 0.4) is 0 Å². The van der Waals surface area contributed by atoms with Crippen LogP contribution in [0.4, 0.5) is 0 Å². The molecule has 2 rings (SSSR count). The fourth-order valence-corrected chi connectivity index (χ4v) is 11.0. The summed E-state index contributed by atoms with van der Waals surface area (Å²) in [5.74, 6) is -2.30. The first-order valence-corrected chi connectivity index (χ1v) is 12.3. The van der Waals surface area contributed by atoms with Crippen molar-refractivity contribution < 1.29 is 0 Å². The molecule has 0 aliphatic rings. The van der Waals surface area contributed by atoms with E-state index in [2.05, 4.69) is 74.5 Å². The van der Waals surface area contributed by atoms with Crippen LogP contribution < -0.4 is 0 Å². The molecule has 0 nitrogen and oxygen atoms in total. The van der Waals surface area contributed by atoms with Crippen molar-refractivity contribution in [3.05, 3.63) is 71.8 Å². The zero-order chi connectivity index (χ0) is 15.9. The summed E-state index contributed by atoms with van der Waals surface area (Å²) >= 11 is 7.60. The van der Waals surface area contributed by atoms with Gasteiger partial charge in [0.15, 0.2) is 0 Å². The molecule has 0 heterocycles. The second-order valence-electron chi connectivity index (χ2n) is 6.55. The zero-order valence-electron chi connectivity index (χ0n) is 13.8. The van der Waals surface area contributed by atoms with Gasteiger partial charge in [0.05, 0.1) is 0 Å². The van der Waals surface area contributed by atoms with E-state index in [-0.39, 0.29) is 0 Å². The van der Waals surface area contributed by atoms with Crippen molar-refractivity contribution in [1.82, 2.24) is 0 Å². The molecule has 0 saturated heterocycles. The fourth-order valence-electron chi connectivity index (χ4n) is 3.68. The van der Waals surface area contributed by atoms with Gasteiger partial charge in [-0.2, -0.15) is 0 Å². The van der Waals surface area contributed by atoms with Gasteiger partial charge in [-0.25, -0.2) is 0 Å². The SMILES string of the molecule is CCCP(Cl)(CCC)(Cc1ccccc1)Cc1ccccc1. The van der Waals surface area contributed by atoms with Crippen LogP contribution in [0.1, 0.15) is 37.8 Å². The third-order valence-electron chi connectivity index (χ3n) is 4.41. The number of rotatable bonds is 8. The molecule has 120 valence electrons. The molecule has 2 aromatic rings. The molecule has 22 heavy (non-hydrogen) atoms. The van der Waals surface area contributed by atoms with Crippen LogP contribution in [0, 0.1) is 0 Å². The van der Waals surface area contributed by atoms with Crippen molar-refractivity contribution in [2.45, 2.75) is 39.0 Å². The predicted molar refractivity (Wildman–Crippen MR) is 103 cm³/mol. The third-order valence-corrected chi connectivity index (χ3v) is 11.6. The number of hydrogen-bond donors (Lipinski definition) is 0. The molecular weight excluding hydrogens is 307 g/mol. The van der Waals surface area contributed by atoms with Crippen molar-refractivity contribution in [2.24, 2.45) is 0 Å². The first-order chi connectivity index (χ1) is 10.6. The average Bonchev–Trinajstić information content (AvgIpc) is 2.49. The first kappa shape index (κ1) is 17.5. The Kier molecular flexibility index (Phi) is 6.07. The summed E-state index contributed by atoms with van der Waals surface area (Å²) in [5.41, 5.74) is 2.79. The Morgan fingerprint density at radius 1 is 0.682 bits per heavy atom. The molecule has 0 fully saturated rings. The van der Waals surface area contributed by atoms with E-state index in [1.807, 2.05) is 0 Å². The molecule has 0 atom stereocenters. The van der Waals surface area contributed by atoms with Gasteiger partial charge in [-0.3, -0.25) is 0 Å². The predicted octanol–water partition coefficient (Wildman–Crippen LogP) is 6.91. The standard InChI is InChI=1S/C20H28ClP/c1-3-15-22(21,16-4-2,17-19-11-7-5-8-12-19)18-20-13-9-6-10-14-20/h5-14H,3-4,15-18H2,1-2H3. The summed E-state index contributed by atoms with van der Waals surface area (Å²) in [4.78, 5) is 0. The van der Waals surface area contributed by atoms with Crippen molar-refractivity contribution in [3.63, 3.8) is 0 Å². The number of benzene rings is 2. The normalized spacial score (nSPS) is 13.5. The van der Waals surface area contributed by atoms with Crippen molar-refractivity contribution in [2.75, 3.05) is 12.3 Å². The summed E-state index contributed by atoms with van der Waals surface area (Å²) in [7, 11) is 0. The molecule has 0 aliphatic heterocycles. The molecule has 0 N–H and O–H groups in total. The number of halogens is 1. The minimum atomic E-state index is -2.30. The van der Waals surface area contributed by atoms with E-state index >= 15 is 0 Å². The Morgan fingerprint density at radius 2 is 1.05 bits per heavy atom. The molecule has 0 aromatic heterocycles. The Balaban J connectivity index is 2.37.